The SMILES string of the molecule is CC(C)c1nnc(CN=C(N)N(C)C2CC2)s1. The number of aromatic nitrogens is 2. The van der Waals surface area contributed by atoms with Gasteiger partial charge in [0.25, 0.3) is 0 Å². The van der Waals surface area contributed by atoms with E-state index in [1.807, 2.05) is 11.9 Å². The molecule has 0 unspecified atom stereocenters. The third kappa shape index (κ3) is 3.15. The van der Waals surface area contributed by atoms with Gasteiger partial charge in [0.05, 0.1) is 6.54 Å². The molecule has 0 atom stereocenters. The maximum Gasteiger partial charge on any atom is 0.191 e. The Morgan fingerprint density at radius 1 is 1.53 bits per heavy atom. The van der Waals surface area contributed by atoms with E-state index in [4.69, 9.17) is 5.73 Å². The minimum Gasteiger partial charge on any atom is -0.370 e. The topological polar surface area (TPSA) is 67.4 Å². The zero-order valence-electron chi connectivity index (χ0n) is 10.6. The molecule has 0 aromatic carbocycles. The predicted molar refractivity (Wildman–Crippen MR) is 70.1 cm³/mol. The van der Waals surface area contributed by atoms with Gasteiger partial charge in [-0.15, -0.1) is 10.2 Å². The predicted octanol–water partition coefficient (Wildman–Crippen LogP) is 1.57. The van der Waals surface area contributed by atoms with Gasteiger partial charge in [-0.25, -0.2) is 4.99 Å². The van der Waals surface area contributed by atoms with Crippen molar-refractivity contribution in [3.8, 4) is 0 Å². The summed E-state index contributed by atoms with van der Waals surface area (Å²) in [5, 5.41) is 10.2. The highest BCUT2D eigenvalue weighted by molar-refractivity contribution is 7.11. The van der Waals surface area contributed by atoms with E-state index in [0.29, 0.717) is 24.5 Å². The lowest BCUT2D eigenvalue weighted by atomic mass is 10.2. The largest absolute Gasteiger partial charge is 0.370 e. The zero-order chi connectivity index (χ0) is 12.4. The molecular formula is C11H19N5S. The fourth-order valence-corrected chi connectivity index (χ4v) is 2.24. The van der Waals surface area contributed by atoms with Crippen molar-refractivity contribution in [3.63, 3.8) is 0 Å². The summed E-state index contributed by atoms with van der Waals surface area (Å²) in [6, 6.07) is 0.597. The van der Waals surface area contributed by atoms with Gasteiger partial charge in [0.2, 0.25) is 0 Å². The molecule has 2 rings (SSSR count). The number of nitrogens with two attached hydrogens (primary N) is 1. The van der Waals surface area contributed by atoms with E-state index in [2.05, 4.69) is 29.0 Å². The summed E-state index contributed by atoms with van der Waals surface area (Å²) < 4.78 is 0. The Kier molecular flexibility index (Phi) is 3.61. The number of aliphatic imine (C=N–C) groups is 1. The van der Waals surface area contributed by atoms with Crippen LogP contribution in [0.5, 0.6) is 0 Å². The Morgan fingerprint density at radius 2 is 2.24 bits per heavy atom. The molecule has 1 aromatic rings. The number of nitrogens with zero attached hydrogens (tertiary/aromatic N) is 4. The molecule has 94 valence electrons. The Bertz CT molecular complexity index is 408. The molecule has 1 fully saturated rings. The molecule has 17 heavy (non-hydrogen) atoms. The van der Waals surface area contributed by atoms with Crippen molar-refractivity contribution >= 4 is 17.3 Å². The monoisotopic (exact) mass is 253 g/mol. The Hall–Kier alpha value is -1.17. The summed E-state index contributed by atoms with van der Waals surface area (Å²) in [6.07, 6.45) is 2.45. The first-order valence-electron chi connectivity index (χ1n) is 5.93. The van der Waals surface area contributed by atoms with Crippen LogP contribution in [-0.2, 0) is 6.54 Å². The number of hydrogen-bond donors (Lipinski definition) is 1. The molecule has 0 amide bonds. The van der Waals surface area contributed by atoms with E-state index in [1.54, 1.807) is 11.3 Å². The minimum atomic E-state index is 0.428. The fraction of sp³-hybridized carbons (Fsp3) is 0.727. The van der Waals surface area contributed by atoms with Crippen LogP contribution in [0.4, 0.5) is 0 Å². The van der Waals surface area contributed by atoms with Crippen LogP contribution in [0.2, 0.25) is 0 Å². The first-order valence-corrected chi connectivity index (χ1v) is 6.74. The highest BCUT2D eigenvalue weighted by Crippen LogP contribution is 2.25. The van der Waals surface area contributed by atoms with E-state index < -0.39 is 0 Å². The van der Waals surface area contributed by atoms with Crippen molar-refractivity contribution in [1.29, 1.82) is 0 Å². The quantitative estimate of drug-likeness (QED) is 0.653. The van der Waals surface area contributed by atoms with Crippen LogP contribution in [0, 0.1) is 0 Å². The summed E-state index contributed by atoms with van der Waals surface area (Å²) in [6.45, 7) is 4.76. The molecule has 0 radical (unpaired) electrons. The first-order chi connectivity index (χ1) is 8.08. The molecule has 1 saturated carbocycles. The Morgan fingerprint density at radius 3 is 2.76 bits per heavy atom. The van der Waals surface area contributed by atoms with Gasteiger partial charge in [0, 0.05) is 19.0 Å². The molecular weight excluding hydrogens is 234 g/mol. The molecule has 1 aromatic heterocycles. The van der Waals surface area contributed by atoms with E-state index in [1.165, 1.54) is 12.8 Å². The average Bonchev–Trinajstić information content (AvgIpc) is 3.03. The first kappa shape index (κ1) is 12.3. The van der Waals surface area contributed by atoms with Crippen molar-refractivity contribution in [2.24, 2.45) is 10.7 Å². The van der Waals surface area contributed by atoms with E-state index >= 15 is 0 Å². The average molecular weight is 253 g/mol. The van der Waals surface area contributed by atoms with Crippen LogP contribution >= 0.6 is 11.3 Å². The van der Waals surface area contributed by atoms with Gasteiger partial charge < -0.3 is 10.6 Å². The summed E-state index contributed by atoms with van der Waals surface area (Å²) in [5.41, 5.74) is 5.90. The lowest BCUT2D eigenvalue weighted by Gasteiger charge is -2.16. The molecule has 6 heteroatoms. The number of guanidine groups is 1. The molecule has 0 bridgehead atoms. The summed E-state index contributed by atoms with van der Waals surface area (Å²) in [4.78, 5) is 6.40. The number of rotatable bonds is 4. The van der Waals surface area contributed by atoms with Crippen molar-refractivity contribution < 1.29 is 0 Å². The molecule has 1 aliphatic rings. The van der Waals surface area contributed by atoms with Crippen LogP contribution in [0.15, 0.2) is 4.99 Å². The fourth-order valence-electron chi connectivity index (χ4n) is 1.47. The van der Waals surface area contributed by atoms with Crippen molar-refractivity contribution in [1.82, 2.24) is 15.1 Å². The van der Waals surface area contributed by atoms with Crippen LogP contribution < -0.4 is 5.73 Å². The van der Waals surface area contributed by atoms with Crippen LogP contribution in [0.3, 0.4) is 0 Å². The molecule has 0 spiro atoms. The van der Waals surface area contributed by atoms with E-state index in [9.17, 15) is 0 Å². The smallest absolute Gasteiger partial charge is 0.191 e. The maximum absolute atomic E-state index is 5.90. The number of hydrogen-bond acceptors (Lipinski definition) is 4. The molecule has 0 saturated heterocycles. The lowest BCUT2D eigenvalue weighted by molar-refractivity contribution is 0.487. The molecule has 5 nitrogen and oxygen atoms in total. The minimum absolute atomic E-state index is 0.428. The lowest BCUT2D eigenvalue weighted by Crippen LogP contribution is -2.35. The molecule has 1 aliphatic carbocycles. The van der Waals surface area contributed by atoms with Gasteiger partial charge in [-0.3, -0.25) is 0 Å². The highest BCUT2D eigenvalue weighted by atomic mass is 32.1. The van der Waals surface area contributed by atoms with Crippen LogP contribution in [-0.4, -0.2) is 34.1 Å². The van der Waals surface area contributed by atoms with Gasteiger partial charge in [-0.1, -0.05) is 25.2 Å². The van der Waals surface area contributed by atoms with Gasteiger partial charge in [0.1, 0.15) is 10.0 Å². The summed E-state index contributed by atoms with van der Waals surface area (Å²) in [5.74, 6) is 1.03. The van der Waals surface area contributed by atoms with Gasteiger partial charge in [0.15, 0.2) is 5.96 Å². The third-order valence-electron chi connectivity index (χ3n) is 2.81. The second-order valence-electron chi connectivity index (χ2n) is 4.71. The third-order valence-corrected chi connectivity index (χ3v) is 4.02. The Labute approximate surface area is 106 Å². The van der Waals surface area contributed by atoms with Crippen molar-refractivity contribution in [2.75, 3.05) is 7.05 Å². The van der Waals surface area contributed by atoms with Crippen LogP contribution in [0.25, 0.3) is 0 Å². The second-order valence-corrected chi connectivity index (χ2v) is 5.80. The van der Waals surface area contributed by atoms with Gasteiger partial charge >= 0.3 is 0 Å². The van der Waals surface area contributed by atoms with Crippen molar-refractivity contribution in [3.05, 3.63) is 10.0 Å². The second kappa shape index (κ2) is 5.00. The van der Waals surface area contributed by atoms with Crippen LogP contribution in [0.1, 0.15) is 42.6 Å². The maximum atomic E-state index is 5.90. The Balaban J connectivity index is 1.93. The van der Waals surface area contributed by atoms with Crippen molar-refractivity contribution in [2.45, 2.75) is 45.2 Å². The molecule has 0 aliphatic heterocycles. The normalized spacial score (nSPS) is 16.6. The standard InChI is InChI=1S/C11H19N5S/c1-7(2)10-15-14-9(17-10)6-13-11(12)16(3)8-4-5-8/h7-8H,4-6H2,1-3H3,(H2,12,13). The highest BCUT2D eigenvalue weighted by Gasteiger charge is 2.27. The molecule has 2 N–H and O–H groups in total. The van der Waals surface area contributed by atoms with Gasteiger partial charge in [-0.05, 0) is 12.8 Å². The van der Waals surface area contributed by atoms with E-state index in [-0.39, 0.29) is 0 Å². The molecule has 1 heterocycles. The van der Waals surface area contributed by atoms with Gasteiger partial charge in [-0.2, -0.15) is 0 Å². The zero-order valence-corrected chi connectivity index (χ0v) is 11.4. The summed E-state index contributed by atoms with van der Waals surface area (Å²) >= 11 is 1.62. The summed E-state index contributed by atoms with van der Waals surface area (Å²) in [7, 11) is 2.00. The van der Waals surface area contributed by atoms with E-state index in [0.717, 1.165) is 10.0 Å².